The van der Waals surface area contributed by atoms with E-state index in [-0.39, 0.29) is 6.61 Å². The molecule has 0 unspecified atom stereocenters. The van der Waals surface area contributed by atoms with Gasteiger partial charge in [0.05, 0.1) is 12.3 Å². The smallest absolute Gasteiger partial charge is 0.0853 e. The van der Waals surface area contributed by atoms with E-state index in [4.69, 9.17) is 0 Å². The first kappa shape index (κ1) is 18.7. The van der Waals surface area contributed by atoms with E-state index in [9.17, 15) is 5.11 Å². The van der Waals surface area contributed by atoms with Crippen molar-refractivity contribution < 1.29 is 5.11 Å². The fraction of sp³-hybridized carbons (Fsp3) is 0.240. The minimum absolute atomic E-state index is 0.0505. The van der Waals surface area contributed by atoms with Crippen LogP contribution in [0.15, 0.2) is 67.0 Å². The van der Waals surface area contributed by atoms with Crippen LogP contribution in [0.25, 0.3) is 10.9 Å². The molecule has 3 heterocycles. The van der Waals surface area contributed by atoms with Gasteiger partial charge in [0.15, 0.2) is 0 Å². The lowest BCUT2D eigenvalue weighted by Crippen LogP contribution is -2.31. The van der Waals surface area contributed by atoms with Crippen LogP contribution in [0.1, 0.15) is 23.2 Å². The highest BCUT2D eigenvalue weighted by atomic mass is 16.3. The molecule has 0 radical (unpaired) electrons. The Bertz CT molecular complexity index is 1170. The van der Waals surface area contributed by atoms with Gasteiger partial charge in [0.1, 0.15) is 0 Å². The summed E-state index contributed by atoms with van der Waals surface area (Å²) in [4.78, 5) is 10.0. The van der Waals surface area contributed by atoms with Crippen molar-refractivity contribution in [3.8, 4) is 0 Å². The molecule has 0 atom stereocenters. The molecule has 4 aromatic rings. The molecular weight excluding hydrogens is 372 g/mol. The summed E-state index contributed by atoms with van der Waals surface area (Å²) in [7, 11) is 0. The number of benzene rings is 2. The number of nitrogens with zero attached hydrogens (tertiary/aromatic N) is 2. The molecular formula is C25H26N4O. The monoisotopic (exact) mass is 398 g/mol. The average Bonchev–Trinajstić information content (AvgIpc) is 3.21. The van der Waals surface area contributed by atoms with Gasteiger partial charge in [-0.25, -0.2) is 0 Å². The number of aliphatic hydroxyl groups excluding tert-OH is 1. The maximum atomic E-state index is 9.30. The number of fused-ring (bicyclic) bond motifs is 2. The Morgan fingerprint density at radius 1 is 1.07 bits per heavy atom. The van der Waals surface area contributed by atoms with Crippen molar-refractivity contribution in [2.45, 2.75) is 25.9 Å². The van der Waals surface area contributed by atoms with E-state index in [0.717, 1.165) is 37.3 Å². The largest absolute Gasteiger partial charge is 0.390 e. The van der Waals surface area contributed by atoms with Crippen LogP contribution in [0.5, 0.6) is 0 Å². The third-order valence-corrected chi connectivity index (χ3v) is 5.89. The third kappa shape index (κ3) is 3.76. The maximum absolute atomic E-state index is 9.30. The second kappa shape index (κ2) is 8.20. The minimum atomic E-state index is -0.0505. The summed E-state index contributed by atoms with van der Waals surface area (Å²) in [6.45, 7) is 2.07. The van der Waals surface area contributed by atoms with Gasteiger partial charge in [-0.1, -0.05) is 18.2 Å². The normalized spacial score (nSPS) is 13.4. The molecule has 0 saturated carbocycles. The SMILES string of the molecule is OCc1cc(Nc2ccc3c(c2)CCCN3CCc2c[nH]c3ccccc23)ccn1. The Hall–Kier alpha value is -3.31. The number of aryl methyl sites for hydroxylation is 1. The highest BCUT2D eigenvalue weighted by Gasteiger charge is 2.17. The maximum Gasteiger partial charge on any atom is 0.0853 e. The number of aromatic amines is 1. The molecule has 30 heavy (non-hydrogen) atoms. The summed E-state index contributed by atoms with van der Waals surface area (Å²) < 4.78 is 0. The standard InChI is InChI=1S/C25H26N4O/c30-17-22-15-21(9-11-26-22)28-20-7-8-25-18(14-20)4-3-12-29(25)13-10-19-16-27-24-6-2-1-5-23(19)24/h1-2,5-9,11,14-16,27,30H,3-4,10,12-13,17H2,(H,26,28). The number of nitrogens with one attached hydrogen (secondary N) is 2. The van der Waals surface area contributed by atoms with Crippen molar-refractivity contribution in [1.29, 1.82) is 0 Å². The zero-order valence-electron chi connectivity index (χ0n) is 16.9. The van der Waals surface area contributed by atoms with Crippen LogP contribution >= 0.6 is 0 Å². The molecule has 0 aliphatic carbocycles. The molecule has 0 saturated heterocycles. The Morgan fingerprint density at radius 2 is 1.97 bits per heavy atom. The Balaban J connectivity index is 1.32. The van der Waals surface area contributed by atoms with E-state index in [2.05, 4.69) is 68.8 Å². The summed E-state index contributed by atoms with van der Waals surface area (Å²) in [6.07, 6.45) is 7.18. The Labute approximate surface area is 176 Å². The van der Waals surface area contributed by atoms with Crippen LogP contribution in [0, 0.1) is 0 Å². The van der Waals surface area contributed by atoms with Gasteiger partial charge in [0.2, 0.25) is 0 Å². The highest BCUT2D eigenvalue weighted by molar-refractivity contribution is 5.83. The summed E-state index contributed by atoms with van der Waals surface area (Å²) in [6, 6.07) is 19.0. The van der Waals surface area contributed by atoms with Gasteiger partial charge in [0, 0.05) is 53.4 Å². The summed E-state index contributed by atoms with van der Waals surface area (Å²) >= 11 is 0. The van der Waals surface area contributed by atoms with Gasteiger partial charge in [-0.3, -0.25) is 4.98 Å². The molecule has 0 spiro atoms. The topological polar surface area (TPSA) is 64.2 Å². The molecule has 1 aliphatic rings. The number of H-pyrrole nitrogens is 1. The first-order chi connectivity index (χ1) is 14.8. The van der Waals surface area contributed by atoms with E-state index in [1.807, 2.05) is 12.1 Å². The van der Waals surface area contributed by atoms with Gasteiger partial charge in [-0.05, 0) is 66.8 Å². The predicted molar refractivity (Wildman–Crippen MR) is 122 cm³/mol. The van der Waals surface area contributed by atoms with Crippen LogP contribution in [0.2, 0.25) is 0 Å². The number of hydrogen-bond acceptors (Lipinski definition) is 4. The molecule has 3 N–H and O–H groups in total. The first-order valence-electron chi connectivity index (χ1n) is 10.6. The quantitative estimate of drug-likeness (QED) is 0.437. The second-order valence-electron chi connectivity index (χ2n) is 7.86. The lowest BCUT2D eigenvalue weighted by atomic mass is 10.00. The van der Waals surface area contributed by atoms with Gasteiger partial charge < -0.3 is 20.3 Å². The fourth-order valence-electron chi connectivity index (χ4n) is 4.39. The summed E-state index contributed by atoms with van der Waals surface area (Å²) in [5.41, 5.74) is 8.01. The van der Waals surface area contributed by atoms with Crippen LogP contribution in [-0.4, -0.2) is 28.2 Å². The molecule has 5 rings (SSSR count). The summed E-state index contributed by atoms with van der Waals surface area (Å²) in [5, 5.41) is 14.1. The van der Waals surface area contributed by atoms with Crippen LogP contribution in [0.4, 0.5) is 17.1 Å². The van der Waals surface area contributed by atoms with E-state index in [1.165, 1.54) is 34.1 Å². The number of para-hydroxylation sites is 1. The molecule has 0 bridgehead atoms. The van der Waals surface area contributed by atoms with E-state index >= 15 is 0 Å². The third-order valence-electron chi connectivity index (χ3n) is 5.89. The highest BCUT2D eigenvalue weighted by Crippen LogP contribution is 2.31. The van der Waals surface area contributed by atoms with E-state index < -0.39 is 0 Å². The first-order valence-corrected chi connectivity index (χ1v) is 10.6. The van der Waals surface area contributed by atoms with Crippen LogP contribution < -0.4 is 10.2 Å². The minimum Gasteiger partial charge on any atom is -0.390 e. The van der Waals surface area contributed by atoms with Crippen molar-refractivity contribution in [1.82, 2.24) is 9.97 Å². The number of anilines is 3. The van der Waals surface area contributed by atoms with Crippen LogP contribution in [0.3, 0.4) is 0 Å². The predicted octanol–water partition coefficient (Wildman–Crippen LogP) is 4.79. The molecule has 2 aromatic carbocycles. The second-order valence-corrected chi connectivity index (χ2v) is 7.86. The molecule has 5 heteroatoms. The zero-order chi connectivity index (χ0) is 20.3. The number of rotatable bonds is 6. The van der Waals surface area contributed by atoms with Gasteiger partial charge in [0.25, 0.3) is 0 Å². The molecule has 0 fully saturated rings. The zero-order valence-corrected chi connectivity index (χ0v) is 16.9. The Kier molecular flexibility index (Phi) is 5.11. The van der Waals surface area contributed by atoms with Crippen molar-refractivity contribution in [3.63, 3.8) is 0 Å². The number of pyridine rings is 1. The van der Waals surface area contributed by atoms with Crippen molar-refractivity contribution in [2.24, 2.45) is 0 Å². The lowest BCUT2D eigenvalue weighted by Gasteiger charge is -2.31. The van der Waals surface area contributed by atoms with Gasteiger partial charge >= 0.3 is 0 Å². The van der Waals surface area contributed by atoms with Crippen molar-refractivity contribution in [3.05, 3.63) is 83.8 Å². The number of aromatic nitrogens is 2. The van der Waals surface area contributed by atoms with Crippen molar-refractivity contribution >= 4 is 28.0 Å². The van der Waals surface area contributed by atoms with Gasteiger partial charge in [-0.2, -0.15) is 0 Å². The molecule has 2 aromatic heterocycles. The van der Waals surface area contributed by atoms with E-state index in [1.54, 1.807) is 6.20 Å². The molecule has 152 valence electrons. The van der Waals surface area contributed by atoms with Crippen LogP contribution in [-0.2, 0) is 19.4 Å². The fourth-order valence-corrected chi connectivity index (χ4v) is 4.39. The number of aliphatic hydroxyl groups is 1. The summed E-state index contributed by atoms with van der Waals surface area (Å²) in [5.74, 6) is 0. The molecule has 0 amide bonds. The van der Waals surface area contributed by atoms with Gasteiger partial charge in [-0.15, -0.1) is 0 Å². The molecule has 1 aliphatic heterocycles. The van der Waals surface area contributed by atoms with E-state index in [0.29, 0.717) is 5.69 Å². The average molecular weight is 399 g/mol. The number of hydrogen-bond donors (Lipinski definition) is 3. The van der Waals surface area contributed by atoms with Crippen molar-refractivity contribution in [2.75, 3.05) is 23.3 Å². The lowest BCUT2D eigenvalue weighted by molar-refractivity contribution is 0.277. The Morgan fingerprint density at radius 3 is 2.90 bits per heavy atom. The molecule has 5 nitrogen and oxygen atoms in total.